The lowest BCUT2D eigenvalue weighted by Gasteiger charge is -2.36. The van der Waals surface area contributed by atoms with Crippen LogP contribution < -0.4 is 20.5 Å². The van der Waals surface area contributed by atoms with E-state index in [0.717, 1.165) is 115 Å². The lowest BCUT2D eigenvalue weighted by atomic mass is 9.95. The van der Waals surface area contributed by atoms with Crippen LogP contribution >= 0.6 is 0 Å². The van der Waals surface area contributed by atoms with Crippen molar-refractivity contribution in [3.05, 3.63) is 178 Å². The molecule has 4 aliphatic heterocycles. The Kier molecular flexibility index (Phi) is 17.9. The minimum Gasteiger partial charge on any atom is -0.490 e. The van der Waals surface area contributed by atoms with Crippen LogP contribution in [0.5, 0.6) is 11.5 Å². The number of nitrogens with one attached hydrogen (secondary N) is 1. The van der Waals surface area contributed by atoms with Crippen molar-refractivity contribution in [1.29, 1.82) is 0 Å². The summed E-state index contributed by atoms with van der Waals surface area (Å²) in [6.07, 6.45) is 6.04. The summed E-state index contributed by atoms with van der Waals surface area (Å²) in [6.45, 7) is 5.83. The van der Waals surface area contributed by atoms with Crippen molar-refractivity contribution in [3.8, 4) is 33.8 Å². The molecule has 0 unspecified atom stereocenters. The third kappa shape index (κ3) is 14.1. The van der Waals surface area contributed by atoms with Crippen LogP contribution in [-0.4, -0.2) is 112 Å². The fourth-order valence-corrected chi connectivity index (χ4v) is 9.27. The van der Waals surface area contributed by atoms with E-state index in [0.29, 0.717) is 35.4 Å². The Hall–Kier alpha value is -7.54. The van der Waals surface area contributed by atoms with E-state index in [4.69, 9.17) is 30.0 Å². The lowest BCUT2D eigenvalue weighted by molar-refractivity contribution is -0.129. The number of hydrogen-bond acceptors (Lipinski definition) is 13. The Bertz CT molecular complexity index is 3070. The van der Waals surface area contributed by atoms with Crippen LogP contribution in [0.25, 0.3) is 22.3 Å². The number of carbonyl (C=O) groups excluding carboxylic acids is 1. The second-order valence-corrected chi connectivity index (χ2v) is 20.2. The van der Waals surface area contributed by atoms with Crippen LogP contribution in [0.2, 0.25) is 0 Å². The smallest absolute Gasteiger partial charge is 0.358 e. The largest absolute Gasteiger partial charge is 0.490 e. The Balaban J connectivity index is 0.000000156. The summed E-state index contributed by atoms with van der Waals surface area (Å²) in [6, 6.07) is 37.7. The van der Waals surface area contributed by atoms with Gasteiger partial charge in [0.1, 0.15) is 42.5 Å². The van der Waals surface area contributed by atoms with Gasteiger partial charge in [-0.05, 0) is 159 Å². The maximum atomic E-state index is 13.5. The zero-order chi connectivity index (χ0) is 53.4. The Morgan fingerprint density at radius 2 is 1.03 bits per heavy atom. The molecule has 0 bridgehead atoms. The van der Waals surface area contributed by atoms with E-state index in [1.807, 2.05) is 72.8 Å². The second kappa shape index (κ2) is 25.3. The van der Waals surface area contributed by atoms with Gasteiger partial charge in [0.25, 0.3) is 5.91 Å². The van der Waals surface area contributed by atoms with Crippen LogP contribution in [0.1, 0.15) is 91.5 Å². The molecule has 1 amide bonds. The zero-order valence-electron chi connectivity index (χ0n) is 42.5. The maximum absolute atomic E-state index is 13.5. The van der Waals surface area contributed by atoms with Crippen molar-refractivity contribution in [2.45, 2.75) is 95.7 Å². The highest BCUT2D eigenvalue weighted by Gasteiger charge is 2.32. The van der Waals surface area contributed by atoms with Crippen LogP contribution in [-0.2, 0) is 32.5 Å². The first kappa shape index (κ1) is 55.2. The highest BCUT2D eigenvalue weighted by atomic mass is 19.1. The number of oxime groups is 2. The Morgan fingerprint density at radius 3 is 1.46 bits per heavy atom. The zero-order valence-corrected chi connectivity index (χ0v) is 42.5. The summed E-state index contributed by atoms with van der Waals surface area (Å²) in [5, 5.41) is 41.2. The minimum atomic E-state index is -1.12. The molecule has 4 heterocycles. The normalized spacial score (nSPS) is 17.8. The predicted molar refractivity (Wildman–Crippen MR) is 293 cm³/mol. The molecule has 12 rings (SSSR count). The molecule has 78 heavy (non-hydrogen) atoms. The van der Waals surface area contributed by atoms with Gasteiger partial charge in [0.15, 0.2) is 11.4 Å². The molecule has 0 aromatic heterocycles. The van der Waals surface area contributed by atoms with E-state index < -0.39 is 30.1 Å². The first-order valence-electron chi connectivity index (χ1n) is 26.2. The van der Waals surface area contributed by atoms with Gasteiger partial charge >= 0.3 is 5.97 Å². The molecule has 4 atom stereocenters. The monoisotopic (exact) mass is 1060 g/mol. The number of aliphatic carboxylic acids is 1. The van der Waals surface area contributed by atoms with Gasteiger partial charge in [-0.25, -0.2) is 13.6 Å². The Morgan fingerprint density at radius 1 is 0.603 bits per heavy atom. The van der Waals surface area contributed by atoms with Gasteiger partial charge in [0.05, 0.1) is 24.4 Å². The summed E-state index contributed by atoms with van der Waals surface area (Å²) in [5.74, 6) is -0.444. The number of likely N-dealkylation sites (tertiary alicyclic amines) is 2. The van der Waals surface area contributed by atoms with E-state index in [9.17, 15) is 28.6 Å². The van der Waals surface area contributed by atoms with Gasteiger partial charge in [-0.3, -0.25) is 4.79 Å². The van der Waals surface area contributed by atoms with Gasteiger partial charge in [0.2, 0.25) is 0 Å². The number of benzene rings is 6. The number of halogens is 2. The number of amides is 1. The van der Waals surface area contributed by atoms with Gasteiger partial charge in [-0.1, -0.05) is 90.5 Å². The molecular weight excluding hydrogens is 999 g/mol. The van der Waals surface area contributed by atoms with Crippen LogP contribution in [0.4, 0.5) is 8.78 Å². The number of carboxylic acid groups (broad SMARTS) is 1. The van der Waals surface area contributed by atoms with Crippen molar-refractivity contribution >= 4 is 23.3 Å². The summed E-state index contributed by atoms with van der Waals surface area (Å²) >= 11 is 0. The molecule has 6 N–H and O–H groups in total. The lowest BCUT2D eigenvalue weighted by Crippen LogP contribution is -2.52. The van der Waals surface area contributed by atoms with Gasteiger partial charge < -0.3 is 55.3 Å². The molecule has 2 aliphatic carbocycles. The molecule has 6 aromatic carbocycles. The maximum Gasteiger partial charge on any atom is 0.358 e. The number of rotatable bonds is 17. The SMILES string of the molecule is C.N[C@H](CN1CCC1)[C@H](O)c1ccc(OC2CC2)cc1.O=C(N[C@H](CN1CCC1)[C@H](O)c1ccc(OC2CC2)cc1)C1=NOCc2cc(-c3ccc(F)cc3)ccc21.O=C(O)C1=NOCc2cc(-c3ccc(F)cc3)ccc21. The van der Waals surface area contributed by atoms with Gasteiger partial charge in [-0.2, -0.15) is 0 Å². The first-order valence-corrected chi connectivity index (χ1v) is 26.2. The number of hydrogen-bond donors (Lipinski definition) is 5. The number of nitrogens with zero attached hydrogens (tertiary/aromatic N) is 4. The average Bonchev–Trinajstić information content (AvgIpc) is 4.39. The van der Waals surface area contributed by atoms with Crippen molar-refractivity contribution in [1.82, 2.24) is 15.1 Å². The third-order valence-corrected chi connectivity index (χ3v) is 14.3. The number of aliphatic hydroxyl groups is 2. The number of ether oxygens (including phenoxy) is 2. The molecule has 2 saturated heterocycles. The number of carbonyl (C=O) groups is 2. The molecule has 408 valence electrons. The summed E-state index contributed by atoms with van der Waals surface area (Å²) in [5.41, 5.74) is 14.0. The van der Waals surface area contributed by atoms with Gasteiger partial charge in [0, 0.05) is 41.4 Å². The number of aliphatic hydroxyl groups excluding tert-OH is 2. The van der Waals surface area contributed by atoms with E-state index in [-0.39, 0.29) is 49.7 Å². The highest BCUT2D eigenvalue weighted by molar-refractivity contribution is 6.45. The third-order valence-electron chi connectivity index (χ3n) is 14.3. The summed E-state index contributed by atoms with van der Waals surface area (Å²) in [4.78, 5) is 39.3. The second-order valence-electron chi connectivity index (χ2n) is 20.2. The first-order chi connectivity index (χ1) is 37.4. The molecule has 0 radical (unpaired) electrons. The molecule has 6 aromatic rings. The fraction of sp³-hybridized carbons (Fsp3) is 0.344. The standard InChI is InChI=1S/C30H30FN3O4.C15H10FNO3.C15H22N2O2.CH4/c31-23-7-2-19(3-8-23)21-6-13-26-22(16-21)18-37-33-28(26)30(36)32-27(17-34-14-1-15-34)29(35)20-4-9-24(10-5-20)38-25-11-12-25;16-12-4-1-9(2-5-12)10-3-6-13-11(7-10)8-20-17-14(13)15(18)19;16-14(10-17-8-1-9-17)15(18)11-2-4-12(5-3-11)19-13-6-7-13;/h2-10,13,16,25,27,29,35H,1,11-12,14-15,17-18H2,(H,32,36);1-7H,8H2,(H,18,19);2-5,13-15,18H,1,6-10,16H2;1H4/t27-,29-;;14-,15-;/m1.1./s1. The average molecular weight is 1070 g/mol. The molecule has 4 fully saturated rings. The van der Waals surface area contributed by atoms with E-state index in [2.05, 4.69) is 25.4 Å². The van der Waals surface area contributed by atoms with Crippen molar-refractivity contribution in [2.24, 2.45) is 16.0 Å². The molecule has 17 heteroatoms. The van der Waals surface area contributed by atoms with Crippen molar-refractivity contribution < 1.29 is 52.8 Å². The minimum absolute atomic E-state index is 0. The quantitative estimate of drug-likeness (QED) is 0.0582. The predicted octanol–water partition coefficient (Wildman–Crippen LogP) is 8.93. The van der Waals surface area contributed by atoms with Crippen LogP contribution in [0, 0.1) is 11.6 Å². The van der Waals surface area contributed by atoms with Crippen LogP contribution in [0.15, 0.2) is 144 Å². The number of nitrogens with two attached hydrogens (primary N) is 1. The van der Waals surface area contributed by atoms with E-state index >= 15 is 0 Å². The van der Waals surface area contributed by atoms with Gasteiger partial charge in [-0.15, -0.1) is 0 Å². The summed E-state index contributed by atoms with van der Waals surface area (Å²) < 4.78 is 37.8. The van der Waals surface area contributed by atoms with E-state index in [1.165, 1.54) is 30.7 Å². The molecule has 15 nitrogen and oxygen atoms in total. The molecular formula is C61H66F2N6O9. The topological polar surface area (TPSA) is 201 Å². The summed E-state index contributed by atoms with van der Waals surface area (Å²) in [7, 11) is 0. The molecule has 0 spiro atoms. The van der Waals surface area contributed by atoms with E-state index in [1.54, 1.807) is 36.4 Å². The molecule has 2 saturated carbocycles. The number of carboxylic acids is 1. The number of fused-ring (bicyclic) bond motifs is 2. The van der Waals surface area contributed by atoms with Crippen molar-refractivity contribution in [3.63, 3.8) is 0 Å². The van der Waals surface area contributed by atoms with Crippen molar-refractivity contribution in [2.75, 3.05) is 39.3 Å². The fourth-order valence-electron chi connectivity index (χ4n) is 9.27. The Labute approximate surface area is 452 Å². The van der Waals surface area contributed by atoms with Crippen LogP contribution in [0.3, 0.4) is 0 Å². The highest BCUT2D eigenvalue weighted by Crippen LogP contribution is 2.32. The molecule has 6 aliphatic rings.